The summed E-state index contributed by atoms with van der Waals surface area (Å²) in [5.74, 6) is -0.0793. The average Bonchev–Trinajstić information content (AvgIpc) is 2.56. The number of hydrogen-bond acceptors (Lipinski definition) is 7. The van der Waals surface area contributed by atoms with E-state index in [2.05, 4.69) is 15.3 Å². The largest absolute Gasteiger partial charge is 0.348 e. The highest BCUT2D eigenvalue weighted by Crippen LogP contribution is 2.30. The van der Waals surface area contributed by atoms with Crippen LogP contribution in [-0.2, 0) is 10.0 Å². The summed E-state index contributed by atoms with van der Waals surface area (Å²) in [7, 11) is -3.57. The Bertz CT molecular complexity index is 869. The van der Waals surface area contributed by atoms with E-state index in [9.17, 15) is 18.5 Å². The maximum absolute atomic E-state index is 12.4. The Hall–Kier alpha value is -2.30. The minimum atomic E-state index is -3.57. The Kier molecular flexibility index (Phi) is 5.88. The van der Waals surface area contributed by atoms with Crippen molar-refractivity contribution in [3.8, 4) is 0 Å². The van der Waals surface area contributed by atoms with Gasteiger partial charge < -0.3 is 5.32 Å². The van der Waals surface area contributed by atoms with Crippen LogP contribution in [0.25, 0.3) is 0 Å². The summed E-state index contributed by atoms with van der Waals surface area (Å²) in [5, 5.41) is 13.5. The van der Waals surface area contributed by atoms with Gasteiger partial charge in [-0.05, 0) is 24.3 Å². The van der Waals surface area contributed by atoms with Crippen LogP contribution in [0.15, 0.2) is 35.5 Å². The van der Waals surface area contributed by atoms with Crippen LogP contribution < -0.4 is 5.32 Å². The molecule has 0 radical (unpaired) electrons. The molecule has 0 aliphatic rings. The molecule has 1 N–H and O–H groups in total. The Morgan fingerprint density at radius 2 is 1.80 bits per heavy atom. The number of nitrogens with one attached hydrogen (secondary N) is 1. The van der Waals surface area contributed by atoms with E-state index < -0.39 is 20.6 Å². The van der Waals surface area contributed by atoms with Gasteiger partial charge in [-0.25, -0.2) is 18.4 Å². The van der Waals surface area contributed by atoms with E-state index >= 15 is 0 Å². The molecule has 25 heavy (non-hydrogen) atoms. The summed E-state index contributed by atoms with van der Waals surface area (Å²) in [6.45, 7) is 4.25. The van der Waals surface area contributed by atoms with Crippen molar-refractivity contribution in [1.82, 2.24) is 14.3 Å². The van der Waals surface area contributed by atoms with Gasteiger partial charge in [0.05, 0.1) is 9.82 Å². The van der Waals surface area contributed by atoms with Gasteiger partial charge in [-0.3, -0.25) is 10.1 Å². The van der Waals surface area contributed by atoms with Crippen molar-refractivity contribution in [2.45, 2.75) is 18.7 Å². The molecular weight excluding hydrogens is 370 g/mol. The third-order valence-electron chi connectivity index (χ3n) is 3.42. The van der Waals surface area contributed by atoms with E-state index in [4.69, 9.17) is 11.6 Å². The fraction of sp³-hybridized carbons (Fsp3) is 0.286. The molecule has 1 aromatic carbocycles. The second-order valence-corrected chi connectivity index (χ2v) is 7.15. The number of anilines is 2. The van der Waals surface area contributed by atoms with Crippen LogP contribution in [0.1, 0.15) is 13.8 Å². The molecule has 1 aromatic heterocycles. The maximum atomic E-state index is 12.4. The molecule has 134 valence electrons. The molecule has 1 heterocycles. The first-order chi connectivity index (χ1) is 11.8. The van der Waals surface area contributed by atoms with Gasteiger partial charge in [-0.15, -0.1) is 0 Å². The molecule has 2 aromatic rings. The Morgan fingerprint density at radius 1 is 1.20 bits per heavy atom. The number of rotatable bonds is 7. The van der Waals surface area contributed by atoms with Crippen molar-refractivity contribution in [1.29, 1.82) is 0 Å². The number of hydrogen-bond donors (Lipinski definition) is 1. The fourth-order valence-corrected chi connectivity index (χ4v) is 3.83. The van der Waals surface area contributed by atoms with Crippen LogP contribution in [0.4, 0.5) is 17.2 Å². The maximum Gasteiger partial charge on any atom is 0.348 e. The van der Waals surface area contributed by atoms with Gasteiger partial charge >= 0.3 is 5.69 Å². The van der Waals surface area contributed by atoms with E-state index in [0.29, 0.717) is 18.8 Å². The lowest BCUT2D eigenvalue weighted by Gasteiger charge is -2.18. The quantitative estimate of drug-likeness (QED) is 0.442. The number of nitro groups is 1. The van der Waals surface area contributed by atoms with E-state index in [0.717, 1.165) is 6.33 Å². The molecule has 0 bridgehead atoms. The van der Waals surface area contributed by atoms with E-state index in [-0.39, 0.29) is 15.9 Å². The zero-order valence-electron chi connectivity index (χ0n) is 13.5. The molecule has 2 rings (SSSR count). The minimum Gasteiger partial charge on any atom is -0.334 e. The standard InChI is InChI=1S/C14H16ClN5O4S/c1-3-19(4-2)25(23,24)11-7-5-10(6-8-11)18-14-12(20(21)22)13(15)16-9-17-14/h5-9H,3-4H2,1-2H3,(H,16,17,18). The first-order valence-corrected chi connectivity index (χ1v) is 9.15. The molecule has 0 fully saturated rings. The molecule has 0 atom stereocenters. The molecule has 0 amide bonds. The lowest BCUT2D eigenvalue weighted by Crippen LogP contribution is -2.30. The van der Waals surface area contributed by atoms with Gasteiger partial charge in [0.1, 0.15) is 6.33 Å². The first-order valence-electron chi connectivity index (χ1n) is 7.33. The summed E-state index contributed by atoms with van der Waals surface area (Å²) in [6.07, 6.45) is 1.09. The third kappa shape index (κ3) is 4.03. The second kappa shape index (κ2) is 7.72. The molecule has 0 spiro atoms. The highest BCUT2D eigenvalue weighted by molar-refractivity contribution is 7.89. The van der Waals surface area contributed by atoms with Crippen LogP contribution in [0, 0.1) is 10.1 Å². The lowest BCUT2D eigenvalue weighted by atomic mass is 10.3. The summed E-state index contributed by atoms with van der Waals surface area (Å²) >= 11 is 5.72. The predicted octanol–water partition coefficient (Wildman–Crippen LogP) is 2.81. The molecule has 11 heteroatoms. The first kappa shape index (κ1) is 19.0. The molecule has 0 unspecified atom stereocenters. The van der Waals surface area contributed by atoms with Crippen LogP contribution in [0.5, 0.6) is 0 Å². The summed E-state index contributed by atoms with van der Waals surface area (Å²) in [6, 6.07) is 5.83. The highest BCUT2D eigenvalue weighted by Gasteiger charge is 2.23. The Morgan fingerprint density at radius 3 is 2.32 bits per heavy atom. The average molecular weight is 386 g/mol. The van der Waals surface area contributed by atoms with Gasteiger partial charge in [-0.2, -0.15) is 4.31 Å². The number of nitrogens with zero attached hydrogens (tertiary/aromatic N) is 4. The van der Waals surface area contributed by atoms with E-state index in [1.54, 1.807) is 13.8 Å². The van der Waals surface area contributed by atoms with Crippen LogP contribution in [-0.4, -0.2) is 40.7 Å². The van der Waals surface area contributed by atoms with Gasteiger partial charge in [0.25, 0.3) is 0 Å². The number of sulfonamides is 1. The van der Waals surface area contributed by atoms with Crippen molar-refractivity contribution in [3.05, 3.63) is 45.9 Å². The molecule has 0 saturated heterocycles. The predicted molar refractivity (Wildman–Crippen MR) is 93.5 cm³/mol. The van der Waals surface area contributed by atoms with Crippen molar-refractivity contribution in [2.75, 3.05) is 18.4 Å². The summed E-state index contributed by atoms with van der Waals surface area (Å²) in [5.41, 5.74) is -0.0274. The smallest absolute Gasteiger partial charge is 0.334 e. The number of aromatic nitrogens is 2. The zero-order chi connectivity index (χ0) is 18.6. The van der Waals surface area contributed by atoms with Crippen molar-refractivity contribution in [3.63, 3.8) is 0 Å². The molecular formula is C14H16ClN5O4S. The van der Waals surface area contributed by atoms with Gasteiger partial charge in [0.2, 0.25) is 21.0 Å². The van der Waals surface area contributed by atoms with Crippen LogP contribution in [0.3, 0.4) is 0 Å². The SMILES string of the molecule is CCN(CC)S(=O)(=O)c1ccc(Nc2ncnc(Cl)c2[N+](=O)[O-])cc1. The highest BCUT2D eigenvalue weighted by atomic mass is 35.5. The second-order valence-electron chi connectivity index (χ2n) is 4.86. The lowest BCUT2D eigenvalue weighted by molar-refractivity contribution is -0.384. The van der Waals surface area contributed by atoms with Gasteiger partial charge in [0, 0.05) is 18.8 Å². The van der Waals surface area contributed by atoms with E-state index in [1.807, 2.05) is 0 Å². The van der Waals surface area contributed by atoms with Gasteiger partial charge in [-0.1, -0.05) is 25.4 Å². The van der Waals surface area contributed by atoms with Gasteiger partial charge in [0.15, 0.2) is 0 Å². The molecule has 0 aliphatic carbocycles. The zero-order valence-corrected chi connectivity index (χ0v) is 15.1. The topological polar surface area (TPSA) is 118 Å². The van der Waals surface area contributed by atoms with Crippen molar-refractivity contribution < 1.29 is 13.3 Å². The summed E-state index contributed by atoms with van der Waals surface area (Å²) in [4.78, 5) is 17.9. The van der Waals surface area contributed by atoms with E-state index in [1.165, 1.54) is 28.6 Å². The number of benzene rings is 1. The Balaban J connectivity index is 2.31. The third-order valence-corrected chi connectivity index (χ3v) is 5.76. The normalized spacial score (nSPS) is 11.5. The van der Waals surface area contributed by atoms with Crippen molar-refractivity contribution in [2.24, 2.45) is 0 Å². The Labute approximate surface area is 149 Å². The monoisotopic (exact) mass is 385 g/mol. The molecule has 9 nitrogen and oxygen atoms in total. The molecule has 0 aliphatic heterocycles. The minimum absolute atomic E-state index is 0.0793. The molecule has 0 saturated carbocycles. The van der Waals surface area contributed by atoms with Crippen molar-refractivity contribution >= 4 is 38.8 Å². The van der Waals surface area contributed by atoms with Crippen LogP contribution >= 0.6 is 11.6 Å². The number of halogens is 1. The summed E-state index contributed by atoms with van der Waals surface area (Å²) < 4.78 is 26.2. The van der Waals surface area contributed by atoms with Crippen LogP contribution in [0.2, 0.25) is 5.15 Å². The fourth-order valence-electron chi connectivity index (χ4n) is 2.17.